The van der Waals surface area contributed by atoms with Gasteiger partial charge in [0.15, 0.2) is 0 Å². The lowest BCUT2D eigenvalue weighted by molar-refractivity contribution is 0.305. The standard InChI is InChI=1S/C20H12F2N4O2/c21-13-5-11(6-14(22)7-13)10-28-15-3-1-12(2-4-15)18-16(8-23)19(25)26-20(27)17(18)9-24/h1-7H,10H2,(H3,25,26,27). The van der Waals surface area contributed by atoms with E-state index in [2.05, 4.69) is 4.98 Å². The number of ether oxygens (including phenoxy) is 1. The van der Waals surface area contributed by atoms with Gasteiger partial charge in [0.05, 0.1) is 0 Å². The third-order valence-corrected chi connectivity index (χ3v) is 3.94. The molecule has 0 radical (unpaired) electrons. The first-order valence-electron chi connectivity index (χ1n) is 7.97. The summed E-state index contributed by atoms with van der Waals surface area (Å²) in [5.74, 6) is -1.14. The van der Waals surface area contributed by atoms with Gasteiger partial charge < -0.3 is 15.5 Å². The predicted molar refractivity (Wildman–Crippen MR) is 97.0 cm³/mol. The fourth-order valence-corrected chi connectivity index (χ4v) is 2.71. The third-order valence-electron chi connectivity index (χ3n) is 3.94. The summed E-state index contributed by atoms with van der Waals surface area (Å²) in [6.45, 7) is -0.0567. The Balaban J connectivity index is 1.91. The number of nitrogens with zero attached hydrogens (tertiary/aromatic N) is 2. The molecule has 6 nitrogen and oxygen atoms in total. The number of nitrogens with one attached hydrogen (secondary N) is 1. The Morgan fingerprint density at radius 2 is 1.61 bits per heavy atom. The molecule has 138 valence electrons. The zero-order chi connectivity index (χ0) is 20.3. The molecular formula is C20H12F2N4O2. The molecule has 1 aromatic heterocycles. The van der Waals surface area contributed by atoms with Crippen LogP contribution in [0.2, 0.25) is 0 Å². The highest BCUT2D eigenvalue weighted by atomic mass is 19.1. The van der Waals surface area contributed by atoms with Gasteiger partial charge in [0.2, 0.25) is 0 Å². The molecule has 8 heteroatoms. The molecule has 0 saturated carbocycles. The van der Waals surface area contributed by atoms with Crippen LogP contribution in [-0.2, 0) is 6.61 Å². The summed E-state index contributed by atoms with van der Waals surface area (Å²) in [5, 5.41) is 18.6. The minimum Gasteiger partial charge on any atom is -0.489 e. The molecule has 0 amide bonds. The van der Waals surface area contributed by atoms with E-state index in [-0.39, 0.29) is 29.1 Å². The van der Waals surface area contributed by atoms with Crippen molar-refractivity contribution in [3.8, 4) is 29.0 Å². The summed E-state index contributed by atoms with van der Waals surface area (Å²) in [5.41, 5.74) is 5.63. The first-order valence-corrected chi connectivity index (χ1v) is 7.97. The predicted octanol–water partition coefficient (Wildman–Crippen LogP) is 3.22. The lowest BCUT2D eigenvalue weighted by Crippen LogP contribution is -2.16. The van der Waals surface area contributed by atoms with Crippen LogP contribution in [0.1, 0.15) is 16.7 Å². The number of nitriles is 2. The number of rotatable bonds is 4. The van der Waals surface area contributed by atoms with Crippen molar-refractivity contribution in [3.05, 3.63) is 81.1 Å². The summed E-state index contributed by atoms with van der Waals surface area (Å²) in [6, 6.07) is 13.0. The summed E-state index contributed by atoms with van der Waals surface area (Å²) < 4.78 is 31.9. The summed E-state index contributed by atoms with van der Waals surface area (Å²) in [6.07, 6.45) is 0. The van der Waals surface area contributed by atoms with E-state index in [1.807, 2.05) is 6.07 Å². The number of aromatic nitrogens is 1. The Kier molecular flexibility index (Phi) is 5.05. The first-order chi connectivity index (χ1) is 13.4. The van der Waals surface area contributed by atoms with Crippen molar-refractivity contribution in [1.82, 2.24) is 4.98 Å². The molecule has 0 saturated heterocycles. The number of nitrogens with two attached hydrogens (primary N) is 1. The largest absolute Gasteiger partial charge is 0.489 e. The number of H-pyrrole nitrogens is 1. The van der Waals surface area contributed by atoms with Crippen LogP contribution in [0.5, 0.6) is 5.75 Å². The zero-order valence-electron chi connectivity index (χ0n) is 14.3. The van der Waals surface area contributed by atoms with Gasteiger partial charge in [-0.25, -0.2) is 8.78 Å². The molecule has 0 aliphatic heterocycles. The maximum atomic E-state index is 13.2. The van der Waals surface area contributed by atoms with Crippen molar-refractivity contribution in [2.24, 2.45) is 0 Å². The number of pyridine rings is 1. The van der Waals surface area contributed by atoms with Crippen molar-refractivity contribution in [3.63, 3.8) is 0 Å². The van der Waals surface area contributed by atoms with Crippen LogP contribution in [0, 0.1) is 34.3 Å². The molecule has 0 aliphatic rings. The molecule has 3 rings (SSSR count). The van der Waals surface area contributed by atoms with Crippen molar-refractivity contribution in [2.75, 3.05) is 5.73 Å². The minimum absolute atomic E-state index is 0.0138. The molecule has 3 N–H and O–H groups in total. The van der Waals surface area contributed by atoms with Gasteiger partial charge in [-0.1, -0.05) is 12.1 Å². The van der Waals surface area contributed by atoms with Gasteiger partial charge >= 0.3 is 0 Å². The normalized spacial score (nSPS) is 10.1. The van der Waals surface area contributed by atoms with Crippen LogP contribution in [0.25, 0.3) is 11.1 Å². The van der Waals surface area contributed by atoms with E-state index in [0.717, 1.165) is 18.2 Å². The smallest absolute Gasteiger partial charge is 0.268 e. The van der Waals surface area contributed by atoms with Crippen LogP contribution >= 0.6 is 0 Å². The van der Waals surface area contributed by atoms with Crippen LogP contribution in [0.4, 0.5) is 14.6 Å². The van der Waals surface area contributed by atoms with Crippen LogP contribution in [0.3, 0.4) is 0 Å². The Morgan fingerprint density at radius 3 is 2.18 bits per heavy atom. The second-order valence-electron chi connectivity index (χ2n) is 5.81. The number of halogens is 2. The topological polar surface area (TPSA) is 116 Å². The van der Waals surface area contributed by atoms with Crippen molar-refractivity contribution >= 4 is 5.82 Å². The zero-order valence-corrected chi connectivity index (χ0v) is 14.3. The van der Waals surface area contributed by atoms with Crippen LogP contribution in [0.15, 0.2) is 47.3 Å². The second-order valence-corrected chi connectivity index (χ2v) is 5.81. The number of anilines is 1. The van der Waals surface area contributed by atoms with E-state index in [9.17, 15) is 24.1 Å². The average molecular weight is 378 g/mol. The van der Waals surface area contributed by atoms with Crippen LogP contribution in [-0.4, -0.2) is 4.98 Å². The maximum absolute atomic E-state index is 13.2. The molecule has 0 fully saturated rings. The number of benzene rings is 2. The van der Waals surface area contributed by atoms with Crippen molar-refractivity contribution in [1.29, 1.82) is 10.5 Å². The molecule has 0 bridgehead atoms. The second kappa shape index (κ2) is 7.60. The Bertz CT molecular complexity index is 1170. The van der Waals surface area contributed by atoms with Gasteiger partial charge in [0.25, 0.3) is 5.56 Å². The number of nitrogen functional groups attached to an aromatic ring is 1. The molecule has 3 aromatic rings. The third kappa shape index (κ3) is 3.67. The molecule has 0 atom stereocenters. The highest BCUT2D eigenvalue weighted by molar-refractivity contribution is 5.80. The number of aromatic amines is 1. The van der Waals surface area contributed by atoms with Gasteiger partial charge in [-0.15, -0.1) is 0 Å². The van der Waals surface area contributed by atoms with E-state index in [4.69, 9.17) is 10.5 Å². The van der Waals surface area contributed by atoms with Crippen molar-refractivity contribution in [2.45, 2.75) is 6.61 Å². The maximum Gasteiger partial charge on any atom is 0.268 e. The average Bonchev–Trinajstić information content (AvgIpc) is 2.65. The summed E-state index contributed by atoms with van der Waals surface area (Å²) in [7, 11) is 0. The number of hydrogen-bond donors (Lipinski definition) is 2. The van der Waals surface area contributed by atoms with Crippen molar-refractivity contribution < 1.29 is 13.5 Å². The highest BCUT2D eigenvalue weighted by Gasteiger charge is 2.18. The Morgan fingerprint density at radius 1 is 1.00 bits per heavy atom. The fraction of sp³-hybridized carbons (Fsp3) is 0.0500. The Hall–Kier alpha value is -4.17. The highest BCUT2D eigenvalue weighted by Crippen LogP contribution is 2.29. The number of hydrogen-bond acceptors (Lipinski definition) is 5. The quantitative estimate of drug-likeness (QED) is 0.723. The molecule has 28 heavy (non-hydrogen) atoms. The van der Waals surface area contributed by atoms with Gasteiger partial charge in [-0.2, -0.15) is 10.5 Å². The van der Waals surface area contributed by atoms with E-state index >= 15 is 0 Å². The summed E-state index contributed by atoms with van der Waals surface area (Å²) in [4.78, 5) is 14.2. The first kappa shape index (κ1) is 18.6. The molecular weight excluding hydrogens is 366 g/mol. The Labute approximate surface area is 158 Å². The molecule has 0 unspecified atom stereocenters. The van der Waals surface area contributed by atoms with Gasteiger partial charge in [-0.05, 0) is 35.4 Å². The lowest BCUT2D eigenvalue weighted by atomic mass is 9.96. The van der Waals surface area contributed by atoms with Crippen LogP contribution < -0.4 is 16.0 Å². The summed E-state index contributed by atoms with van der Waals surface area (Å²) >= 11 is 0. The SMILES string of the molecule is N#Cc1c(N)[nH]c(=O)c(C#N)c1-c1ccc(OCc2cc(F)cc(F)c2)cc1. The van der Waals surface area contributed by atoms with E-state index in [1.165, 1.54) is 0 Å². The van der Waals surface area contributed by atoms with E-state index in [0.29, 0.717) is 16.9 Å². The van der Waals surface area contributed by atoms with Gasteiger partial charge in [0.1, 0.15) is 53.1 Å². The minimum atomic E-state index is -0.700. The van der Waals surface area contributed by atoms with Gasteiger partial charge in [-0.3, -0.25) is 4.79 Å². The fourth-order valence-electron chi connectivity index (χ4n) is 2.71. The molecule has 0 spiro atoms. The van der Waals surface area contributed by atoms with Gasteiger partial charge in [0, 0.05) is 11.6 Å². The van der Waals surface area contributed by atoms with E-state index < -0.39 is 17.2 Å². The monoisotopic (exact) mass is 378 g/mol. The molecule has 0 aliphatic carbocycles. The molecule has 1 heterocycles. The lowest BCUT2D eigenvalue weighted by Gasteiger charge is -2.10. The van der Waals surface area contributed by atoms with E-state index in [1.54, 1.807) is 30.3 Å². The molecule has 2 aromatic carbocycles.